The zero-order chi connectivity index (χ0) is 13.1. The zero-order valence-corrected chi connectivity index (χ0v) is 10.4. The first-order valence-electron chi connectivity index (χ1n) is 5.74. The number of rotatable bonds is 5. The largest absolute Gasteiger partial charge is 0.494 e. The molecule has 4 nitrogen and oxygen atoms in total. The van der Waals surface area contributed by atoms with E-state index >= 15 is 0 Å². The van der Waals surface area contributed by atoms with Gasteiger partial charge in [0.1, 0.15) is 11.8 Å². The Morgan fingerprint density at radius 2 is 1.94 bits per heavy atom. The third-order valence-electron chi connectivity index (χ3n) is 1.90. The molecule has 0 aliphatic carbocycles. The highest BCUT2D eigenvalue weighted by molar-refractivity contribution is 5.72. The Balaban J connectivity index is 0.000000366. The monoisotopic (exact) mass is 239 g/mol. The minimum atomic E-state index is -0.963. The molecular formula is C13H21NO3. The van der Waals surface area contributed by atoms with E-state index < -0.39 is 12.0 Å². The standard InChI is InChI=1S/C10H14O.C3H7NO2/c1-2-3-9-11-10-7-5-4-6-8-10;1-2(4)3(5)6/h4-8H,2-3,9H2,1H3;2H,4H2,1H3,(H,5,6). The van der Waals surface area contributed by atoms with Gasteiger partial charge in [-0.15, -0.1) is 0 Å². The van der Waals surface area contributed by atoms with E-state index in [1.54, 1.807) is 0 Å². The molecule has 4 heteroatoms. The van der Waals surface area contributed by atoms with Gasteiger partial charge in [0.2, 0.25) is 0 Å². The Morgan fingerprint density at radius 3 is 2.35 bits per heavy atom. The number of para-hydroxylation sites is 1. The van der Waals surface area contributed by atoms with Gasteiger partial charge in [0.05, 0.1) is 6.61 Å². The van der Waals surface area contributed by atoms with Crippen molar-refractivity contribution in [2.24, 2.45) is 5.73 Å². The molecule has 1 aromatic rings. The van der Waals surface area contributed by atoms with Crippen LogP contribution >= 0.6 is 0 Å². The summed E-state index contributed by atoms with van der Waals surface area (Å²) in [4.78, 5) is 9.57. The van der Waals surface area contributed by atoms with Crippen molar-refractivity contribution < 1.29 is 14.6 Å². The Kier molecular flexibility index (Phi) is 8.78. The molecule has 0 bridgehead atoms. The Hall–Kier alpha value is -1.55. The van der Waals surface area contributed by atoms with Crippen LogP contribution in [-0.2, 0) is 4.79 Å². The topological polar surface area (TPSA) is 72.6 Å². The maximum Gasteiger partial charge on any atom is 0.320 e. The predicted molar refractivity (Wildman–Crippen MR) is 68.1 cm³/mol. The van der Waals surface area contributed by atoms with E-state index in [9.17, 15) is 4.79 Å². The molecule has 0 aromatic heterocycles. The summed E-state index contributed by atoms with van der Waals surface area (Å²) in [5.41, 5.74) is 4.84. The van der Waals surface area contributed by atoms with Crippen molar-refractivity contribution in [3.8, 4) is 5.75 Å². The van der Waals surface area contributed by atoms with Crippen molar-refractivity contribution in [3.05, 3.63) is 30.3 Å². The van der Waals surface area contributed by atoms with Gasteiger partial charge >= 0.3 is 5.97 Å². The van der Waals surface area contributed by atoms with Crippen LogP contribution in [0.3, 0.4) is 0 Å². The second kappa shape index (κ2) is 9.66. The molecule has 96 valence electrons. The maximum absolute atomic E-state index is 9.57. The fourth-order valence-corrected chi connectivity index (χ4v) is 0.851. The van der Waals surface area contributed by atoms with Crippen molar-refractivity contribution in [2.75, 3.05) is 6.61 Å². The SMILES string of the molecule is CC(N)C(=O)O.CCCCOc1ccccc1. The van der Waals surface area contributed by atoms with E-state index in [2.05, 4.69) is 6.92 Å². The van der Waals surface area contributed by atoms with Crippen molar-refractivity contribution >= 4 is 5.97 Å². The van der Waals surface area contributed by atoms with Crippen LogP contribution in [0.1, 0.15) is 26.7 Å². The molecule has 0 saturated heterocycles. The molecule has 0 radical (unpaired) electrons. The van der Waals surface area contributed by atoms with Crippen LogP contribution in [0, 0.1) is 0 Å². The second-order valence-corrected chi connectivity index (χ2v) is 3.64. The highest BCUT2D eigenvalue weighted by atomic mass is 16.5. The number of ether oxygens (including phenoxy) is 1. The van der Waals surface area contributed by atoms with Gasteiger partial charge in [-0.05, 0) is 25.5 Å². The molecule has 0 amide bonds. The number of nitrogens with two attached hydrogens (primary N) is 1. The fourth-order valence-electron chi connectivity index (χ4n) is 0.851. The molecule has 1 unspecified atom stereocenters. The number of benzene rings is 1. The first-order valence-corrected chi connectivity index (χ1v) is 5.74. The molecule has 1 aromatic carbocycles. The van der Waals surface area contributed by atoms with E-state index in [1.807, 2.05) is 30.3 Å². The molecule has 1 atom stereocenters. The minimum absolute atomic E-state index is 0.731. The lowest BCUT2D eigenvalue weighted by atomic mass is 10.3. The van der Waals surface area contributed by atoms with Crippen LogP contribution in [0.2, 0.25) is 0 Å². The number of hydrogen-bond acceptors (Lipinski definition) is 3. The minimum Gasteiger partial charge on any atom is -0.494 e. The molecule has 0 aliphatic heterocycles. The van der Waals surface area contributed by atoms with E-state index in [0.29, 0.717) is 0 Å². The molecule has 17 heavy (non-hydrogen) atoms. The summed E-state index contributed by atoms with van der Waals surface area (Å²) >= 11 is 0. The Labute approximate surface area is 102 Å². The third kappa shape index (κ3) is 9.38. The van der Waals surface area contributed by atoms with Crippen LogP contribution < -0.4 is 10.5 Å². The third-order valence-corrected chi connectivity index (χ3v) is 1.90. The molecule has 0 saturated carbocycles. The van der Waals surface area contributed by atoms with Gasteiger partial charge < -0.3 is 15.6 Å². The van der Waals surface area contributed by atoms with Crippen molar-refractivity contribution in [1.82, 2.24) is 0 Å². The average molecular weight is 239 g/mol. The number of unbranched alkanes of at least 4 members (excludes halogenated alkanes) is 1. The van der Waals surface area contributed by atoms with Crippen LogP contribution in [-0.4, -0.2) is 23.7 Å². The Morgan fingerprint density at radius 1 is 1.41 bits per heavy atom. The highest BCUT2D eigenvalue weighted by Gasteiger charge is 1.99. The van der Waals surface area contributed by atoms with E-state index in [4.69, 9.17) is 15.6 Å². The van der Waals surface area contributed by atoms with E-state index in [1.165, 1.54) is 13.3 Å². The van der Waals surface area contributed by atoms with Gasteiger partial charge in [-0.25, -0.2) is 0 Å². The summed E-state index contributed by atoms with van der Waals surface area (Å²) in [6.45, 7) is 4.41. The molecule has 0 fully saturated rings. The van der Waals surface area contributed by atoms with Crippen molar-refractivity contribution in [3.63, 3.8) is 0 Å². The van der Waals surface area contributed by atoms with Gasteiger partial charge in [0, 0.05) is 0 Å². The van der Waals surface area contributed by atoms with Crippen LogP contribution in [0.25, 0.3) is 0 Å². The maximum atomic E-state index is 9.57. The summed E-state index contributed by atoms with van der Waals surface area (Å²) < 4.78 is 5.45. The van der Waals surface area contributed by atoms with Gasteiger partial charge in [-0.2, -0.15) is 0 Å². The first-order chi connectivity index (χ1) is 8.07. The van der Waals surface area contributed by atoms with Crippen LogP contribution in [0.4, 0.5) is 0 Å². The second-order valence-electron chi connectivity index (χ2n) is 3.64. The molecule has 0 heterocycles. The summed E-state index contributed by atoms with van der Waals surface area (Å²) in [5, 5.41) is 7.87. The zero-order valence-electron chi connectivity index (χ0n) is 10.4. The number of carboxylic acid groups (broad SMARTS) is 1. The molecule has 1 rings (SSSR count). The smallest absolute Gasteiger partial charge is 0.320 e. The van der Waals surface area contributed by atoms with Gasteiger partial charge in [-0.1, -0.05) is 31.5 Å². The normalized spacial score (nSPS) is 11.0. The van der Waals surface area contributed by atoms with Crippen LogP contribution in [0.15, 0.2) is 30.3 Å². The quantitative estimate of drug-likeness (QED) is 0.773. The predicted octanol–water partition coefficient (Wildman–Crippen LogP) is 2.28. The number of carbonyl (C=O) groups is 1. The molecule has 0 aliphatic rings. The van der Waals surface area contributed by atoms with E-state index in [-0.39, 0.29) is 0 Å². The first kappa shape index (κ1) is 15.4. The molecule has 3 N–H and O–H groups in total. The lowest BCUT2D eigenvalue weighted by Gasteiger charge is -2.03. The summed E-state index contributed by atoms with van der Waals surface area (Å²) in [5.74, 6) is 0.0101. The van der Waals surface area contributed by atoms with Gasteiger partial charge in [-0.3, -0.25) is 4.79 Å². The lowest BCUT2D eigenvalue weighted by molar-refractivity contribution is -0.138. The summed E-state index contributed by atoms with van der Waals surface area (Å²) in [7, 11) is 0. The Bertz CT molecular complexity index is 299. The number of carboxylic acids is 1. The lowest BCUT2D eigenvalue weighted by Crippen LogP contribution is -2.25. The average Bonchev–Trinajstić information content (AvgIpc) is 2.31. The van der Waals surface area contributed by atoms with E-state index in [0.717, 1.165) is 18.8 Å². The van der Waals surface area contributed by atoms with Gasteiger partial charge in [0.15, 0.2) is 0 Å². The molecule has 0 spiro atoms. The number of aliphatic carboxylic acids is 1. The van der Waals surface area contributed by atoms with Crippen molar-refractivity contribution in [2.45, 2.75) is 32.7 Å². The van der Waals surface area contributed by atoms with Crippen LogP contribution in [0.5, 0.6) is 5.75 Å². The molecular weight excluding hydrogens is 218 g/mol. The van der Waals surface area contributed by atoms with Crippen molar-refractivity contribution in [1.29, 1.82) is 0 Å². The number of hydrogen-bond donors (Lipinski definition) is 2. The van der Waals surface area contributed by atoms with Gasteiger partial charge in [0.25, 0.3) is 0 Å². The highest BCUT2D eigenvalue weighted by Crippen LogP contribution is 2.08. The summed E-state index contributed by atoms with van der Waals surface area (Å²) in [6.07, 6.45) is 2.32. The summed E-state index contributed by atoms with van der Waals surface area (Å²) in [6, 6.07) is 9.20. The fraction of sp³-hybridized carbons (Fsp3) is 0.462.